The van der Waals surface area contributed by atoms with Crippen LogP contribution < -0.4 is 5.32 Å². The van der Waals surface area contributed by atoms with Crippen LogP contribution in [-0.2, 0) is 4.79 Å². The molecule has 1 aromatic carbocycles. The molecule has 1 rings (SSSR count). The average molecular weight is 255 g/mol. The van der Waals surface area contributed by atoms with Crippen molar-refractivity contribution in [3.05, 3.63) is 35.1 Å². The van der Waals surface area contributed by atoms with Crippen LogP contribution in [0.4, 0.5) is 4.39 Å². The maximum Gasteiger partial charge on any atom is 0.216 e. The Kier molecular flexibility index (Phi) is 5.25. The molecule has 0 bridgehead atoms. The van der Waals surface area contributed by atoms with Gasteiger partial charge < -0.3 is 15.5 Å². The molecule has 0 aliphatic carbocycles. The maximum atomic E-state index is 13.6. The smallest absolute Gasteiger partial charge is 0.216 e. The van der Waals surface area contributed by atoms with Crippen molar-refractivity contribution < 1.29 is 19.4 Å². The van der Waals surface area contributed by atoms with Crippen LogP contribution in [0.1, 0.15) is 30.6 Å². The lowest BCUT2D eigenvalue weighted by molar-refractivity contribution is -0.119. The molecule has 0 heterocycles. The molecule has 0 spiro atoms. The third-order valence-corrected chi connectivity index (χ3v) is 2.75. The van der Waals surface area contributed by atoms with Gasteiger partial charge in [0.15, 0.2) is 0 Å². The molecule has 3 N–H and O–H groups in total. The van der Waals surface area contributed by atoms with E-state index in [4.69, 9.17) is 0 Å². The normalized spacial score (nSPS) is 14.1. The lowest BCUT2D eigenvalue weighted by Gasteiger charge is -2.20. The number of carbonyl (C=O) groups is 1. The van der Waals surface area contributed by atoms with Gasteiger partial charge in [0.1, 0.15) is 11.9 Å². The molecule has 4 nitrogen and oxygen atoms in total. The second kappa shape index (κ2) is 6.47. The zero-order valence-electron chi connectivity index (χ0n) is 10.5. The highest BCUT2D eigenvalue weighted by atomic mass is 19.1. The van der Waals surface area contributed by atoms with Crippen LogP contribution in [0.5, 0.6) is 0 Å². The summed E-state index contributed by atoms with van der Waals surface area (Å²) in [6.07, 6.45) is -2.25. The highest BCUT2D eigenvalue weighted by Crippen LogP contribution is 2.24. The van der Waals surface area contributed by atoms with Gasteiger partial charge in [0, 0.05) is 19.0 Å². The number of aliphatic hydroxyl groups is 2. The molecule has 0 radical (unpaired) electrons. The molecule has 18 heavy (non-hydrogen) atoms. The number of amides is 1. The van der Waals surface area contributed by atoms with Gasteiger partial charge >= 0.3 is 0 Å². The SMILES string of the molecule is CC(=O)NCCC(O)C(O)c1c(C)cccc1F. The van der Waals surface area contributed by atoms with Crippen molar-refractivity contribution in [3.63, 3.8) is 0 Å². The number of hydrogen-bond acceptors (Lipinski definition) is 3. The van der Waals surface area contributed by atoms with E-state index in [0.717, 1.165) is 0 Å². The number of benzene rings is 1. The average Bonchev–Trinajstić information content (AvgIpc) is 2.27. The van der Waals surface area contributed by atoms with Crippen LogP contribution in [0.25, 0.3) is 0 Å². The number of hydrogen-bond donors (Lipinski definition) is 3. The molecular weight excluding hydrogens is 237 g/mol. The van der Waals surface area contributed by atoms with E-state index in [-0.39, 0.29) is 24.4 Å². The quantitative estimate of drug-likeness (QED) is 0.736. The van der Waals surface area contributed by atoms with E-state index >= 15 is 0 Å². The first kappa shape index (κ1) is 14.6. The number of aliphatic hydroxyl groups excluding tert-OH is 2. The molecule has 0 aromatic heterocycles. The number of halogens is 1. The van der Waals surface area contributed by atoms with Crippen molar-refractivity contribution in [1.82, 2.24) is 5.32 Å². The van der Waals surface area contributed by atoms with Crippen molar-refractivity contribution in [3.8, 4) is 0 Å². The first-order valence-corrected chi connectivity index (χ1v) is 5.79. The van der Waals surface area contributed by atoms with Crippen LogP contribution >= 0.6 is 0 Å². The third kappa shape index (κ3) is 3.78. The highest BCUT2D eigenvalue weighted by molar-refractivity contribution is 5.72. The molecular formula is C13H18FNO3. The van der Waals surface area contributed by atoms with Gasteiger partial charge in [-0.1, -0.05) is 12.1 Å². The van der Waals surface area contributed by atoms with E-state index in [9.17, 15) is 19.4 Å². The Morgan fingerprint density at radius 3 is 2.67 bits per heavy atom. The molecule has 5 heteroatoms. The second-order valence-electron chi connectivity index (χ2n) is 4.25. The van der Waals surface area contributed by atoms with E-state index in [1.807, 2.05) is 0 Å². The van der Waals surface area contributed by atoms with Crippen LogP contribution in [-0.4, -0.2) is 28.8 Å². The van der Waals surface area contributed by atoms with Crippen LogP contribution in [0, 0.1) is 12.7 Å². The fourth-order valence-corrected chi connectivity index (χ4v) is 1.77. The van der Waals surface area contributed by atoms with Gasteiger partial charge in [0.2, 0.25) is 5.91 Å². The summed E-state index contributed by atoms with van der Waals surface area (Å²) in [5.41, 5.74) is 0.689. The van der Waals surface area contributed by atoms with E-state index < -0.39 is 18.0 Å². The Hall–Kier alpha value is -1.46. The monoisotopic (exact) mass is 255 g/mol. The first-order chi connectivity index (χ1) is 8.43. The summed E-state index contributed by atoms with van der Waals surface area (Å²) in [4.78, 5) is 10.7. The van der Waals surface area contributed by atoms with E-state index in [2.05, 4.69) is 5.32 Å². The van der Waals surface area contributed by atoms with E-state index in [1.165, 1.54) is 13.0 Å². The Balaban J connectivity index is 2.68. The van der Waals surface area contributed by atoms with Crippen molar-refractivity contribution in [2.75, 3.05) is 6.54 Å². The van der Waals surface area contributed by atoms with Crippen LogP contribution in [0.2, 0.25) is 0 Å². The molecule has 2 atom stereocenters. The Morgan fingerprint density at radius 1 is 1.44 bits per heavy atom. The summed E-state index contributed by atoms with van der Waals surface area (Å²) in [6, 6.07) is 4.46. The standard InChI is InChI=1S/C13H18FNO3/c1-8-4-3-5-10(14)12(8)13(18)11(17)6-7-15-9(2)16/h3-5,11,13,17-18H,6-7H2,1-2H3,(H,15,16). The fourth-order valence-electron chi connectivity index (χ4n) is 1.77. The maximum absolute atomic E-state index is 13.6. The summed E-state index contributed by atoms with van der Waals surface area (Å²) < 4.78 is 13.6. The Labute approximate surface area is 105 Å². The van der Waals surface area contributed by atoms with E-state index in [1.54, 1.807) is 19.1 Å². The minimum Gasteiger partial charge on any atom is -0.390 e. The lowest BCUT2D eigenvalue weighted by Crippen LogP contribution is -2.28. The molecule has 1 amide bonds. The van der Waals surface area contributed by atoms with Crippen molar-refractivity contribution in [1.29, 1.82) is 0 Å². The van der Waals surface area contributed by atoms with Crippen molar-refractivity contribution in [2.24, 2.45) is 0 Å². The van der Waals surface area contributed by atoms with Gasteiger partial charge in [-0.2, -0.15) is 0 Å². The molecule has 0 fully saturated rings. The summed E-state index contributed by atoms with van der Waals surface area (Å²) in [6.45, 7) is 3.27. The molecule has 0 saturated heterocycles. The zero-order chi connectivity index (χ0) is 13.7. The molecule has 1 aromatic rings. The highest BCUT2D eigenvalue weighted by Gasteiger charge is 2.22. The summed E-state index contributed by atoms with van der Waals surface area (Å²) in [5, 5.41) is 22.2. The zero-order valence-corrected chi connectivity index (χ0v) is 10.5. The predicted octanol–water partition coefficient (Wildman–Crippen LogP) is 1.05. The predicted molar refractivity (Wildman–Crippen MR) is 65.4 cm³/mol. The molecule has 100 valence electrons. The Bertz CT molecular complexity index is 402. The third-order valence-electron chi connectivity index (χ3n) is 2.75. The first-order valence-electron chi connectivity index (χ1n) is 5.79. The van der Waals surface area contributed by atoms with Gasteiger partial charge in [0.25, 0.3) is 0 Å². The Morgan fingerprint density at radius 2 is 2.11 bits per heavy atom. The molecule has 0 aliphatic rings. The number of rotatable bonds is 5. The molecule has 0 aliphatic heterocycles. The van der Waals surface area contributed by atoms with Gasteiger partial charge in [0.05, 0.1) is 6.10 Å². The lowest BCUT2D eigenvalue weighted by atomic mass is 9.97. The van der Waals surface area contributed by atoms with Gasteiger partial charge in [-0.3, -0.25) is 4.79 Å². The number of nitrogens with one attached hydrogen (secondary N) is 1. The van der Waals surface area contributed by atoms with Crippen LogP contribution in [0.3, 0.4) is 0 Å². The number of aryl methyl sites for hydroxylation is 1. The summed E-state index contributed by atoms with van der Waals surface area (Å²) >= 11 is 0. The second-order valence-corrected chi connectivity index (χ2v) is 4.25. The molecule has 2 unspecified atom stereocenters. The largest absolute Gasteiger partial charge is 0.390 e. The topological polar surface area (TPSA) is 69.6 Å². The van der Waals surface area contributed by atoms with Gasteiger partial charge in [-0.15, -0.1) is 0 Å². The van der Waals surface area contributed by atoms with Gasteiger partial charge in [-0.25, -0.2) is 4.39 Å². The molecule has 0 saturated carbocycles. The summed E-state index contributed by atoms with van der Waals surface area (Å²) in [5.74, 6) is -0.750. The minimum absolute atomic E-state index is 0.104. The van der Waals surface area contributed by atoms with Gasteiger partial charge in [-0.05, 0) is 25.0 Å². The van der Waals surface area contributed by atoms with E-state index in [0.29, 0.717) is 5.56 Å². The fraction of sp³-hybridized carbons (Fsp3) is 0.462. The van der Waals surface area contributed by atoms with Crippen molar-refractivity contribution in [2.45, 2.75) is 32.5 Å². The number of carbonyl (C=O) groups excluding carboxylic acids is 1. The summed E-state index contributed by atoms with van der Waals surface area (Å²) in [7, 11) is 0. The van der Waals surface area contributed by atoms with Crippen molar-refractivity contribution >= 4 is 5.91 Å². The minimum atomic E-state index is -1.29. The van der Waals surface area contributed by atoms with Crippen LogP contribution in [0.15, 0.2) is 18.2 Å².